The van der Waals surface area contributed by atoms with Gasteiger partial charge in [0.1, 0.15) is 11.7 Å². The van der Waals surface area contributed by atoms with Gasteiger partial charge in [0.05, 0.1) is 4.92 Å². The fourth-order valence-corrected chi connectivity index (χ4v) is 2.35. The number of hydrogen-bond acceptors (Lipinski definition) is 4. The van der Waals surface area contributed by atoms with Crippen LogP contribution in [0, 0.1) is 24.0 Å². The summed E-state index contributed by atoms with van der Waals surface area (Å²) in [4.78, 5) is 22.7. The van der Waals surface area contributed by atoms with Crippen LogP contribution in [0.25, 0.3) is 0 Å². The average molecular weight is 313 g/mol. The molecular formula is C17H19N3O3. The molecule has 0 aliphatic heterocycles. The van der Waals surface area contributed by atoms with Crippen LogP contribution in [0.4, 0.5) is 17.1 Å². The summed E-state index contributed by atoms with van der Waals surface area (Å²) in [5.74, 6) is -0.335. The number of benzene rings is 2. The van der Waals surface area contributed by atoms with E-state index < -0.39 is 11.0 Å². The summed E-state index contributed by atoms with van der Waals surface area (Å²) < 4.78 is 0. The van der Waals surface area contributed by atoms with Crippen LogP contribution < -0.4 is 10.6 Å². The number of hydrogen-bond donors (Lipinski definition) is 2. The van der Waals surface area contributed by atoms with Gasteiger partial charge in [-0.25, -0.2) is 0 Å². The first-order chi connectivity index (χ1) is 10.9. The molecule has 2 N–H and O–H groups in total. The third kappa shape index (κ3) is 4.29. The highest BCUT2D eigenvalue weighted by atomic mass is 16.6. The highest BCUT2D eigenvalue weighted by molar-refractivity contribution is 5.98. The molecule has 120 valence electrons. The van der Waals surface area contributed by atoms with Crippen molar-refractivity contribution in [2.45, 2.75) is 26.8 Å². The van der Waals surface area contributed by atoms with Crippen molar-refractivity contribution < 1.29 is 9.72 Å². The molecule has 2 aromatic carbocycles. The summed E-state index contributed by atoms with van der Waals surface area (Å²) >= 11 is 0. The lowest BCUT2D eigenvalue weighted by molar-refractivity contribution is -0.383. The summed E-state index contributed by atoms with van der Waals surface area (Å²) in [6.45, 7) is 5.67. The second-order valence-electron chi connectivity index (χ2n) is 5.51. The number of carbonyl (C=O) groups excluding carboxylic acids is 1. The maximum atomic E-state index is 12.3. The Morgan fingerprint density at radius 3 is 2.35 bits per heavy atom. The Bertz CT molecular complexity index is 723. The van der Waals surface area contributed by atoms with Crippen molar-refractivity contribution >= 4 is 23.0 Å². The molecule has 0 unspecified atom stereocenters. The number of nitro groups is 1. The van der Waals surface area contributed by atoms with E-state index in [2.05, 4.69) is 10.6 Å². The Morgan fingerprint density at radius 1 is 1.13 bits per heavy atom. The van der Waals surface area contributed by atoms with Gasteiger partial charge in [0.25, 0.3) is 5.69 Å². The fraction of sp³-hybridized carbons (Fsp3) is 0.235. The average Bonchev–Trinajstić information content (AvgIpc) is 2.46. The number of nitro benzene ring substituents is 1. The predicted octanol–water partition coefficient (Wildman–Crippen LogP) is 3.65. The normalized spacial score (nSPS) is 11.6. The fourth-order valence-electron chi connectivity index (χ4n) is 2.35. The zero-order valence-corrected chi connectivity index (χ0v) is 13.3. The minimum Gasteiger partial charge on any atom is -0.374 e. The Balaban J connectivity index is 2.10. The standard InChI is InChI=1S/C17H19N3O3/c1-11-8-12(2)10-14(9-11)18-13(3)17(21)19-15-6-4-5-7-16(15)20(22)23/h4-10,13,18H,1-3H3,(H,19,21)/t13-/m1/s1. The number of aryl methyl sites for hydroxylation is 2. The smallest absolute Gasteiger partial charge is 0.292 e. The zero-order chi connectivity index (χ0) is 17.0. The molecule has 0 heterocycles. The second kappa shape index (κ2) is 6.91. The summed E-state index contributed by atoms with van der Waals surface area (Å²) in [5, 5.41) is 16.7. The molecule has 0 radical (unpaired) electrons. The van der Waals surface area contributed by atoms with Crippen molar-refractivity contribution in [1.29, 1.82) is 0 Å². The van der Waals surface area contributed by atoms with Gasteiger partial charge in [-0.2, -0.15) is 0 Å². The quantitative estimate of drug-likeness (QED) is 0.652. The molecule has 6 heteroatoms. The molecule has 2 aromatic rings. The van der Waals surface area contributed by atoms with Gasteiger partial charge in [0.2, 0.25) is 5.91 Å². The van der Waals surface area contributed by atoms with Crippen molar-refractivity contribution in [2.24, 2.45) is 0 Å². The van der Waals surface area contributed by atoms with E-state index in [1.165, 1.54) is 12.1 Å². The number of para-hydroxylation sites is 2. The van der Waals surface area contributed by atoms with E-state index in [4.69, 9.17) is 0 Å². The first kappa shape index (κ1) is 16.5. The van der Waals surface area contributed by atoms with Crippen LogP contribution in [-0.2, 0) is 4.79 Å². The van der Waals surface area contributed by atoms with Crippen LogP contribution in [0.1, 0.15) is 18.1 Å². The monoisotopic (exact) mass is 313 g/mol. The van der Waals surface area contributed by atoms with Crippen LogP contribution in [-0.4, -0.2) is 16.9 Å². The summed E-state index contributed by atoms with van der Waals surface area (Å²) in [5.41, 5.74) is 3.10. The number of amides is 1. The lowest BCUT2D eigenvalue weighted by atomic mass is 10.1. The van der Waals surface area contributed by atoms with Crippen molar-refractivity contribution in [3.8, 4) is 0 Å². The molecule has 0 aliphatic carbocycles. The van der Waals surface area contributed by atoms with Gasteiger partial charge in [0.15, 0.2) is 0 Å². The lowest BCUT2D eigenvalue weighted by Gasteiger charge is -2.16. The number of nitrogens with zero attached hydrogens (tertiary/aromatic N) is 1. The maximum Gasteiger partial charge on any atom is 0.292 e. The number of carbonyl (C=O) groups is 1. The van der Waals surface area contributed by atoms with E-state index in [1.807, 2.05) is 32.0 Å². The summed E-state index contributed by atoms with van der Waals surface area (Å²) in [6.07, 6.45) is 0. The van der Waals surface area contributed by atoms with Crippen LogP contribution in [0.3, 0.4) is 0 Å². The van der Waals surface area contributed by atoms with Crippen LogP contribution in [0.2, 0.25) is 0 Å². The van der Waals surface area contributed by atoms with Gasteiger partial charge in [-0.05, 0) is 50.1 Å². The second-order valence-corrected chi connectivity index (χ2v) is 5.51. The molecule has 0 aromatic heterocycles. The summed E-state index contributed by atoms with van der Waals surface area (Å²) in [7, 11) is 0. The largest absolute Gasteiger partial charge is 0.374 e. The SMILES string of the molecule is Cc1cc(C)cc(N[C@H](C)C(=O)Nc2ccccc2[N+](=O)[O-])c1. The lowest BCUT2D eigenvalue weighted by Crippen LogP contribution is -2.32. The van der Waals surface area contributed by atoms with E-state index >= 15 is 0 Å². The van der Waals surface area contributed by atoms with E-state index in [9.17, 15) is 14.9 Å². The van der Waals surface area contributed by atoms with E-state index in [1.54, 1.807) is 19.1 Å². The third-order valence-electron chi connectivity index (χ3n) is 3.36. The Labute approximate surface area is 134 Å². The number of anilines is 2. The Hall–Kier alpha value is -2.89. The molecule has 0 aliphatic rings. The van der Waals surface area contributed by atoms with E-state index in [-0.39, 0.29) is 17.3 Å². The maximum absolute atomic E-state index is 12.3. The molecule has 23 heavy (non-hydrogen) atoms. The van der Waals surface area contributed by atoms with Crippen molar-refractivity contribution in [3.05, 3.63) is 63.7 Å². The highest BCUT2D eigenvalue weighted by Crippen LogP contribution is 2.23. The first-order valence-corrected chi connectivity index (χ1v) is 7.26. The van der Waals surface area contributed by atoms with Crippen molar-refractivity contribution in [2.75, 3.05) is 10.6 Å². The van der Waals surface area contributed by atoms with Gasteiger partial charge in [0, 0.05) is 11.8 Å². The number of nitrogens with one attached hydrogen (secondary N) is 2. The van der Waals surface area contributed by atoms with Gasteiger partial charge in [-0.3, -0.25) is 14.9 Å². The Kier molecular flexibility index (Phi) is 4.95. The predicted molar refractivity (Wildman–Crippen MR) is 90.7 cm³/mol. The highest BCUT2D eigenvalue weighted by Gasteiger charge is 2.18. The molecule has 6 nitrogen and oxygen atoms in total. The van der Waals surface area contributed by atoms with Gasteiger partial charge >= 0.3 is 0 Å². The van der Waals surface area contributed by atoms with Gasteiger partial charge in [-0.1, -0.05) is 18.2 Å². The molecule has 0 saturated heterocycles. The molecule has 0 saturated carbocycles. The molecule has 2 rings (SSSR count). The molecule has 0 bridgehead atoms. The first-order valence-electron chi connectivity index (χ1n) is 7.26. The molecule has 0 fully saturated rings. The zero-order valence-electron chi connectivity index (χ0n) is 13.3. The number of rotatable bonds is 5. The summed E-state index contributed by atoms with van der Waals surface area (Å²) in [6, 6.07) is 11.5. The van der Waals surface area contributed by atoms with Gasteiger partial charge < -0.3 is 10.6 Å². The van der Waals surface area contributed by atoms with Crippen LogP contribution in [0.5, 0.6) is 0 Å². The van der Waals surface area contributed by atoms with Crippen LogP contribution in [0.15, 0.2) is 42.5 Å². The molecular weight excluding hydrogens is 294 g/mol. The van der Waals surface area contributed by atoms with Gasteiger partial charge in [-0.15, -0.1) is 0 Å². The molecule has 0 spiro atoms. The van der Waals surface area contributed by atoms with Crippen LogP contribution >= 0.6 is 0 Å². The van der Waals surface area contributed by atoms with Crippen molar-refractivity contribution in [1.82, 2.24) is 0 Å². The minimum atomic E-state index is -0.531. The minimum absolute atomic E-state index is 0.126. The Morgan fingerprint density at radius 2 is 1.74 bits per heavy atom. The topological polar surface area (TPSA) is 84.3 Å². The molecule has 1 atom stereocenters. The third-order valence-corrected chi connectivity index (χ3v) is 3.36. The van der Waals surface area contributed by atoms with E-state index in [0.29, 0.717) is 0 Å². The molecule has 1 amide bonds. The van der Waals surface area contributed by atoms with Crippen molar-refractivity contribution in [3.63, 3.8) is 0 Å². The van der Waals surface area contributed by atoms with E-state index in [0.717, 1.165) is 16.8 Å².